The molecule has 2 aromatic heterocycles. The van der Waals surface area contributed by atoms with Crippen molar-refractivity contribution in [2.75, 3.05) is 0 Å². The number of nitrogens with one attached hydrogen (secondary N) is 1. The Hall–Kier alpha value is -3.32. The molecule has 7 nitrogen and oxygen atoms in total. The molecule has 2 heterocycles. The molecule has 0 radical (unpaired) electrons. The van der Waals surface area contributed by atoms with Crippen LogP contribution in [0.1, 0.15) is 61.3 Å². The van der Waals surface area contributed by atoms with E-state index >= 15 is 0 Å². The molecule has 0 atom stereocenters. The number of unbranched alkanes of at least 4 members (excludes halogenated alkanes) is 1. The molecule has 2 N–H and O–H groups in total. The van der Waals surface area contributed by atoms with E-state index in [1.807, 2.05) is 18.2 Å². The second kappa shape index (κ2) is 9.04. The predicted molar refractivity (Wildman–Crippen MR) is 123 cm³/mol. The van der Waals surface area contributed by atoms with Crippen molar-refractivity contribution in [2.24, 2.45) is 0 Å². The highest BCUT2D eigenvalue weighted by Gasteiger charge is 2.31. The third kappa shape index (κ3) is 4.08. The normalized spacial score (nSPS) is 13.6. The Balaban J connectivity index is 1.44. The number of H-pyrrole nitrogens is 1. The van der Waals surface area contributed by atoms with Crippen LogP contribution in [0.3, 0.4) is 0 Å². The molecule has 1 saturated carbocycles. The summed E-state index contributed by atoms with van der Waals surface area (Å²) in [6.45, 7) is 2.97. The number of imidazole rings is 1. The van der Waals surface area contributed by atoms with Crippen LogP contribution in [-0.2, 0) is 19.6 Å². The van der Waals surface area contributed by atoms with Crippen molar-refractivity contribution in [3.8, 4) is 22.5 Å². The second-order valence-electron chi connectivity index (χ2n) is 8.46. The average Bonchev–Trinajstić information content (AvgIpc) is 3.41. The number of aliphatic hydroxyl groups is 1. The van der Waals surface area contributed by atoms with Gasteiger partial charge in [-0.25, -0.2) is 4.98 Å². The van der Waals surface area contributed by atoms with E-state index in [-0.39, 0.29) is 6.61 Å². The maximum absolute atomic E-state index is 10.1. The molecular formula is C25H28N6O. The third-order valence-corrected chi connectivity index (χ3v) is 6.17. The van der Waals surface area contributed by atoms with E-state index in [2.05, 4.69) is 62.4 Å². The van der Waals surface area contributed by atoms with E-state index in [0.29, 0.717) is 11.7 Å². The minimum Gasteiger partial charge on any atom is -0.390 e. The van der Waals surface area contributed by atoms with Crippen LogP contribution >= 0.6 is 0 Å². The number of rotatable bonds is 9. The number of hydrogen-bond acceptors (Lipinski definition) is 5. The van der Waals surface area contributed by atoms with E-state index in [9.17, 15) is 5.11 Å². The lowest BCUT2D eigenvalue weighted by Crippen LogP contribution is -2.09. The summed E-state index contributed by atoms with van der Waals surface area (Å²) in [5.41, 5.74) is 6.42. The summed E-state index contributed by atoms with van der Waals surface area (Å²) < 4.78 is 2.24. The van der Waals surface area contributed by atoms with Crippen LogP contribution in [0.2, 0.25) is 0 Å². The number of aliphatic hydroxyl groups excluding tert-OH is 1. The van der Waals surface area contributed by atoms with Gasteiger partial charge in [-0.15, -0.1) is 10.2 Å². The van der Waals surface area contributed by atoms with E-state index in [4.69, 9.17) is 4.98 Å². The number of aromatic amines is 1. The largest absolute Gasteiger partial charge is 0.390 e. The first-order chi connectivity index (χ1) is 15.8. The SMILES string of the molecule is CCCCc1nc(C2CC2)c(CO)n1Cc1ccc(-c2ccccc2-c2nn[nH]n2)cc1. The van der Waals surface area contributed by atoms with Crippen molar-refractivity contribution in [3.63, 3.8) is 0 Å². The minimum atomic E-state index is 0.0428. The molecule has 5 rings (SSSR count). The lowest BCUT2D eigenvalue weighted by atomic mass is 9.98. The van der Waals surface area contributed by atoms with Gasteiger partial charge in [0.25, 0.3) is 0 Å². The number of aromatic nitrogens is 6. The lowest BCUT2D eigenvalue weighted by Gasteiger charge is -2.13. The van der Waals surface area contributed by atoms with Crippen LogP contribution in [0.15, 0.2) is 48.5 Å². The Kier molecular flexibility index (Phi) is 5.81. The van der Waals surface area contributed by atoms with Gasteiger partial charge >= 0.3 is 0 Å². The van der Waals surface area contributed by atoms with Crippen molar-refractivity contribution >= 4 is 0 Å². The van der Waals surface area contributed by atoms with Crippen LogP contribution in [0.4, 0.5) is 0 Å². The average molecular weight is 429 g/mol. The topological polar surface area (TPSA) is 92.5 Å². The number of nitrogens with zero attached hydrogens (tertiary/aromatic N) is 5. The zero-order valence-electron chi connectivity index (χ0n) is 18.3. The summed E-state index contributed by atoms with van der Waals surface area (Å²) in [5.74, 6) is 2.22. The molecule has 0 spiro atoms. The number of hydrogen-bond donors (Lipinski definition) is 2. The predicted octanol–water partition coefficient (Wildman–Crippen LogP) is 4.49. The molecule has 32 heavy (non-hydrogen) atoms. The summed E-state index contributed by atoms with van der Waals surface area (Å²) in [5, 5.41) is 24.6. The first-order valence-electron chi connectivity index (χ1n) is 11.4. The van der Waals surface area contributed by atoms with Crippen molar-refractivity contribution in [1.82, 2.24) is 30.2 Å². The molecule has 0 amide bonds. The molecule has 0 unspecified atom stereocenters. The number of tetrazole rings is 1. The van der Waals surface area contributed by atoms with Crippen LogP contribution in [0, 0.1) is 0 Å². The van der Waals surface area contributed by atoms with Crippen LogP contribution in [0.5, 0.6) is 0 Å². The van der Waals surface area contributed by atoms with Gasteiger partial charge in [0.05, 0.1) is 18.0 Å². The highest BCUT2D eigenvalue weighted by Crippen LogP contribution is 2.41. The van der Waals surface area contributed by atoms with E-state index in [1.54, 1.807) is 0 Å². The minimum absolute atomic E-state index is 0.0428. The monoisotopic (exact) mass is 428 g/mol. The standard InChI is InChI=1S/C25H28N6O/c1-2-3-8-23-26-24(19-13-14-19)22(16-32)31(23)15-17-9-11-18(12-10-17)20-6-4-5-7-21(20)25-27-29-30-28-25/h4-7,9-12,19,32H,2-3,8,13-16H2,1H3,(H,27,28,29,30). The fourth-order valence-electron chi connectivity index (χ4n) is 4.30. The molecule has 1 fully saturated rings. The van der Waals surface area contributed by atoms with Crippen molar-refractivity contribution in [1.29, 1.82) is 0 Å². The van der Waals surface area contributed by atoms with Gasteiger partial charge in [-0.3, -0.25) is 0 Å². The van der Waals surface area contributed by atoms with Gasteiger partial charge in [0.2, 0.25) is 5.82 Å². The van der Waals surface area contributed by atoms with Crippen molar-refractivity contribution < 1.29 is 5.11 Å². The molecule has 0 bridgehead atoms. The number of aryl methyl sites for hydroxylation is 1. The van der Waals surface area contributed by atoms with Crippen LogP contribution in [0.25, 0.3) is 22.5 Å². The van der Waals surface area contributed by atoms with Gasteiger partial charge in [0.15, 0.2) is 0 Å². The van der Waals surface area contributed by atoms with Gasteiger partial charge in [-0.2, -0.15) is 5.21 Å². The van der Waals surface area contributed by atoms with Crippen molar-refractivity contribution in [3.05, 3.63) is 71.3 Å². The first-order valence-corrected chi connectivity index (χ1v) is 11.4. The molecule has 1 aliphatic carbocycles. The quantitative estimate of drug-likeness (QED) is 0.410. The van der Waals surface area contributed by atoms with Crippen LogP contribution in [-0.4, -0.2) is 35.3 Å². The molecule has 164 valence electrons. The summed E-state index contributed by atoms with van der Waals surface area (Å²) in [6, 6.07) is 16.7. The van der Waals surface area contributed by atoms with Crippen LogP contribution < -0.4 is 0 Å². The smallest absolute Gasteiger partial charge is 0.205 e. The zero-order valence-corrected chi connectivity index (χ0v) is 18.3. The summed E-state index contributed by atoms with van der Waals surface area (Å²) in [6.07, 6.45) is 5.57. The zero-order chi connectivity index (χ0) is 21.9. The van der Waals surface area contributed by atoms with E-state index in [0.717, 1.165) is 59.7 Å². The van der Waals surface area contributed by atoms with Gasteiger partial charge in [-0.05, 0) is 41.2 Å². The Bertz CT molecular complexity index is 1180. The molecule has 1 aliphatic rings. The molecule has 0 aliphatic heterocycles. The first kappa shape index (κ1) is 20.6. The highest BCUT2D eigenvalue weighted by molar-refractivity contribution is 5.80. The Morgan fingerprint density at radius 1 is 1.06 bits per heavy atom. The Morgan fingerprint density at radius 3 is 2.50 bits per heavy atom. The fourth-order valence-corrected chi connectivity index (χ4v) is 4.30. The molecule has 2 aromatic carbocycles. The van der Waals surface area contributed by atoms with Gasteiger partial charge in [-0.1, -0.05) is 61.9 Å². The third-order valence-electron chi connectivity index (χ3n) is 6.17. The Labute approximate surface area is 187 Å². The maximum Gasteiger partial charge on any atom is 0.205 e. The number of benzene rings is 2. The molecule has 7 heteroatoms. The fraction of sp³-hybridized carbons (Fsp3) is 0.360. The summed E-state index contributed by atoms with van der Waals surface area (Å²) in [4.78, 5) is 4.96. The Morgan fingerprint density at radius 2 is 1.84 bits per heavy atom. The summed E-state index contributed by atoms with van der Waals surface area (Å²) in [7, 11) is 0. The van der Waals surface area contributed by atoms with Crippen molar-refractivity contribution in [2.45, 2.75) is 58.1 Å². The summed E-state index contributed by atoms with van der Waals surface area (Å²) >= 11 is 0. The van der Waals surface area contributed by atoms with Gasteiger partial charge < -0.3 is 9.67 Å². The van der Waals surface area contributed by atoms with Gasteiger partial charge in [0, 0.05) is 24.4 Å². The van der Waals surface area contributed by atoms with Gasteiger partial charge in [0.1, 0.15) is 5.82 Å². The highest BCUT2D eigenvalue weighted by atomic mass is 16.3. The second-order valence-corrected chi connectivity index (χ2v) is 8.46. The molecular weight excluding hydrogens is 400 g/mol. The molecule has 4 aromatic rings. The lowest BCUT2D eigenvalue weighted by molar-refractivity contribution is 0.269. The van der Waals surface area contributed by atoms with E-state index < -0.39 is 0 Å². The molecule has 0 saturated heterocycles. The van der Waals surface area contributed by atoms with E-state index in [1.165, 1.54) is 18.4 Å². The maximum atomic E-state index is 10.1.